The lowest BCUT2D eigenvalue weighted by molar-refractivity contribution is -0.146. The third-order valence-corrected chi connectivity index (χ3v) is 2.92. The summed E-state index contributed by atoms with van der Waals surface area (Å²) in [6, 6.07) is 9.21. The van der Waals surface area contributed by atoms with Gasteiger partial charge in [-0.1, -0.05) is 44.2 Å². The molecule has 0 aromatic heterocycles. The van der Waals surface area contributed by atoms with E-state index in [-0.39, 0.29) is 11.8 Å². The lowest BCUT2D eigenvalue weighted by atomic mass is 10.0. The molecule has 1 atom stereocenters. The lowest BCUT2D eigenvalue weighted by Crippen LogP contribution is -2.45. The van der Waals surface area contributed by atoms with Crippen molar-refractivity contribution in [2.45, 2.75) is 32.7 Å². The van der Waals surface area contributed by atoms with Crippen LogP contribution in [0.3, 0.4) is 0 Å². The Morgan fingerprint density at radius 1 is 1.21 bits per heavy atom. The Balaban J connectivity index is 2.47. The van der Waals surface area contributed by atoms with Crippen LogP contribution in [0.1, 0.15) is 25.8 Å². The summed E-state index contributed by atoms with van der Waals surface area (Å²) in [7, 11) is 1.33. The van der Waals surface area contributed by atoms with E-state index in [0.717, 1.165) is 5.56 Å². The highest BCUT2D eigenvalue weighted by Gasteiger charge is 2.24. The molecule has 0 saturated heterocycles. The fraction of sp³-hybridized carbons (Fsp3) is 0.467. The van der Waals surface area contributed by atoms with Gasteiger partial charge in [-0.05, 0) is 17.9 Å². The fourth-order valence-corrected chi connectivity index (χ4v) is 1.77. The number of carbonyl (C=O) groups is 2. The van der Waals surface area contributed by atoms with E-state index in [0.29, 0.717) is 12.8 Å². The molecule has 1 rings (SSSR count). The van der Waals surface area contributed by atoms with Crippen molar-refractivity contribution in [2.75, 3.05) is 7.11 Å². The number of benzene rings is 1. The lowest BCUT2D eigenvalue weighted by Gasteiger charge is -2.19. The minimum atomic E-state index is -0.576. The van der Waals surface area contributed by atoms with Gasteiger partial charge in [-0.3, -0.25) is 4.79 Å². The summed E-state index contributed by atoms with van der Waals surface area (Å²) in [5.41, 5.74) is 1.11. The number of esters is 1. The number of amides is 1. The van der Waals surface area contributed by atoms with Crippen LogP contribution in [0.15, 0.2) is 30.3 Å². The van der Waals surface area contributed by atoms with Gasteiger partial charge in [-0.15, -0.1) is 0 Å². The quantitative estimate of drug-likeness (QED) is 0.798. The average molecular weight is 263 g/mol. The number of carbonyl (C=O) groups excluding carboxylic acids is 2. The number of ether oxygens (including phenoxy) is 1. The summed E-state index contributed by atoms with van der Waals surface area (Å²) in [4.78, 5) is 23.4. The molecule has 1 amide bonds. The van der Waals surface area contributed by atoms with Crippen molar-refractivity contribution >= 4 is 11.9 Å². The molecule has 1 aromatic rings. The van der Waals surface area contributed by atoms with E-state index in [9.17, 15) is 9.59 Å². The van der Waals surface area contributed by atoms with E-state index in [1.807, 2.05) is 44.2 Å². The van der Waals surface area contributed by atoms with Crippen LogP contribution in [-0.2, 0) is 20.7 Å². The Morgan fingerprint density at radius 3 is 2.37 bits per heavy atom. The standard InChI is InChI=1S/C15H21NO3/c1-11(2)14(15(18)19-3)16-13(17)10-9-12-7-5-4-6-8-12/h4-8,11,14H,9-10H2,1-3H3,(H,16,17)/t14-/m0/s1. The topological polar surface area (TPSA) is 55.4 Å². The number of aryl methyl sites for hydroxylation is 1. The molecule has 104 valence electrons. The predicted octanol–water partition coefficient (Wildman–Crippen LogP) is 1.93. The predicted molar refractivity (Wildman–Crippen MR) is 73.5 cm³/mol. The maximum Gasteiger partial charge on any atom is 0.328 e. The summed E-state index contributed by atoms with van der Waals surface area (Å²) in [6.07, 6.45) is 1.03. The van der Waals surface area contributed by atoms with Crippen molar-refractivity contribution in [3.05, 3.63) is 35.9 Å². The summed E-state index contributed by atoms with van der Waals surface area (Å²) in [5.74, 6) is -0.524. The second-order valence-electron chi connectivity index (χ2n) is 4.80. The third-order valence-electron chi connectivity index (χ3n) is 2.92. The van der Waals surface area contributed by atoms with E-state index in [1.165, 1.54) is 7.11 Å². The van der Waals surface area contributed by atoms with E-state index in [2.05, 4.69) is 10.1 Å². The molecule has 0 aliphatic carbocycles. The molecular formula is C15H21NO3. The largest absolute Gasteiger partial charge is 0.467 e. The molecule has 0 aliphatic heterocycles. The van der Waals surface area contributed by atoms with Gasteiger partial charge in [0, 0.05) is 6.42 Å². The van der Waals surface area contributed by atoms with Crippen LogP contribution >= 0.6 is 0 Å². The Bertz CT molecular complexity index is 415. The monoisotopic (exact) mass is 263 g/mol. The van der Waals surface area contributed by atoms with Crippen molar-refractivity contribution in [1.82, 2.24) is 5.32 Å². The van der Waals surface area contributed by atoms with Gasteiger partial charge < -0.3 is 10.1 Å². The van der Waals surface area contributed by atoms with Crippen LogP contribution in [-0.4, -0.2) is 25.0 Å². The molecule has 4 heteroatoms. The molecule has 19 heavy (non-hydrogen) atoms. The minimum absolute atomic E-state index is 0.00752. The summed E-state index contributed by atoms with van der Waals surface area (Å²) < 4.78 is 4.68. The van der Waals surface area contributed by atoms with Gasteiger partial charge >= 0.3 is 5.97 Å². The molecule has 0 fully saturated rings. The maximum absolute atomic E-state index is 11.8. The van der Waals surface area contributed by atoms with Gasteiger partial charge in [0.05, 0.1) is 7.11 Å². The number of hydrogen-bond donors (Lipinski definition) is 1. The summed E-state index contributed by atoms with van der Waals surface area (Å²) in [6.45, 7) is 3.75. The normalized spacial score (nSPS) is 12.0. The van der Waals surface area contributed by atoms with Crippen molar-refractivity contribution < 1.29 is 14.3 Å². The first-order valence-electron chi connectivity index (χ1n) is 6.45. The Morgan fingerprint density at radius 2 is 1.84 bits per heavy atom. The molecule has 0 aliphatic rings. The van der Waals surface area contributed by atoms with E-state index in [1.54, 1.807) is 0 Å². The number of nitrogens with one attached hydrogen (secondary N) is 1. The number of rotatable bonds is 6. The summed E-state index contributed by atoms with van der Waals surface area (Å²) >= 11 is 0. The van der Waals surface area contributed by atoms with Crippen LogP contribution < -0.4 is 5.32 Å². The Kier molecular flexibility index (Phi) is 6.06. The van der Waals surface area contributed by atoms with Crippen molar-refractivity contribution in [2.24, 2.45) is 5.92 Å². The van der Waals surface area contributed by atoms with Gasteiger partial charge in [0.15, 0.2) is 0 Å². The maximum atomic E-state index is 11.8. The molecule has 0 heterocycles. The van der Waals surface area contributed by atoms with Crippen LogP contribution in [0.2, 0.25) is 0 Å². The van der Waals surface area contributed by atoms with Gasteiger partial charge in [-0.25, -0.2) is 4.79 Å². The highest BCUT2D eigenvalue weighted by atomic mass is 16.5. The third kappa shape index (κ3) is 5.12. The fourth-order valence-electron chi connectivity index (χ4n) is 1.77. The van der Waals surface area contributed by atoms with Crippen LogP contribution in [0.25, 0.3) is 0 Å². The zero-order valence-electron chi connectivity index (χ0n) is 11.7. The van der Waals surface area contributed by atoms with Gasteiger partial charge in [0.2, 0.25) is 5.91 Å². The second-order valence-corrected chi connectivity index (χ2v) is 4.80. The molecular weight excluding hydrogens is 242 g/mol. The molecule has 0 unspecified atom stereocenters. The van der Waals surface area contributed by atoms with Crippen molar-refractivity contribution in [3.8, 4) is 0 Å². The number of hydrogen-bond acceptors (Lipinski definition) is 3. The first-order chi connectivity index (χ1) is 9.04. The van der Waals surface area contributed by atoms with E-state index < -0.39 is 12.0 Å². The second kappa shape index (κ2) is 7.56. The first-order valence-corrected chi connectivity index (χ1v) is 6.45. The molecule has 1 N–H and O–H groups in total. The highest BCUT2D eigenvalue weighted by Crippen LogP contribution is 2.06. The van der Waals surface area contributed by atoms with Gasteiger partial charge in [0.25, 0.3) is 0 Å². The molecule has 4 nitrogen and oxygen atoms in total. The van der Waals surface area contributed by atoms with Crippen molar-refractivity contribution in [3.63, 3.8) is 0 Å². The van der Waals surface area contributed by atoms with E-state index >= 15 is 0 Å². The summed E-state index contributed by atoms with van der Waals surface area (Å²) in [5, 5.41) is 2.72. The average Bonchev–Trinajstić information content (AvgIpc) is 2.42. The van der Waals surface area contributed by atoms with Crippen LogP contribution in [0.4, 0.5) is 0 Å². The Hall–Kier alpha value is -1.84. The smallest absolute Gasteiger partial charge is 0.328 e. The van der Waals surface area contributed by atoms with Crippen LogP contribution in [0.5, 0.6) is 0 Å². The van der Waals surface area contributed by atoms with Crippen LogP contribution in [0, 0.1) is 5.92 Å². The minimum Gasteiger partial charge on any atom is -0.467 e. The van der Waals surface area contributed by atoms with Gasteiger partial charge in [0.1, 0.15) is 6.04 Å². The number of methoxy groups -OCH3 is 1. The zero-order valence-corrected chi connectivity index (χ0v) is 11.7. The molecule has 0 bridgehead atoms. The molecule has 0 saturated carbocycles. The SMILES string of the molecule is COC(=O)[C@@H](NC(=O)CCc1ccccc1)C(C)C. The van der Waals surface area contributed by atoms with Gasteiger partial charge in [-0.2, -0.15) is 0 Å². The first kappa shape index (κ1) is 15.2. The zero-order chi connectivity index (χ0) is 14.3. The molecule has 0 radical (unpaired) electrons. The van der Waals surface area contributed by atoms with Crippen molar-refractivity contribution in [1.29, 1.82) is 0 Å². The molecule has 0 spiro atoms. The van der Waals surface area contributed by atoms with E-state index in [4.69, 9.17) is 0 Å². The Labute approximate surface area is 114 Å². The highest BCUT2D eigenvalue weighted by molar-refractivity contribution is 5.84. The molecule has 1 aromatic carbocycles.